The van der Waals surface area contributed by atoms with E-state index in [0.29, 0.717) is 0 Å². The van der Waals surface area contributed by atoms with Crippen LogP contribution in [0.2, 0.25) is 5.02 Å². The maximum atomic E-state index is 6.18. The fraction of sp³-hybridized carbons (Fsp3) is 0.538. The molecule has 0 saturated carbocycles. The van der Waals surface area contributed by atoms with E-state index in [1.165, 1.54) is 0 Å². The van der Waals surface area contributed by atoms with Gasteiger partial charge in [-0.3, -0.25) is 0 Å². The Hall–Kier alpha value is -0.770. The standard InChI is InChI=1S/C13H21ClN2O/c1-16(8-3-7-15)9-6-11-4-5-12(17-2)10-13(11)14/h4-5,10H,3,6-9,15H2,1-2H3. The smallest absolute Gasteiger partial charge is 0.120 e. The molecule has 1 aromatic carbocycles. The Balaban J connectivity index is 2.46. The normalized spacial score (nSPS) is 10.9. The number of hydrogen-bond acceptors (Lipinski definition) is 3. The van der Waals surface area contributed by atoms with Gasteiger partial charge in [0.05, 0.1) is 7.11 Å². The summed E-state index contributed by atoms with van der Waals surface area (Å²) in [5.41, 5.74) is 6.64. The molecule has 0 radical (unpaired) electrons. The number of halogens is 1. The van der Waals surface area contributed by atoms with Gasteiger partial charge in [0.25, 0.3) is 0 Å². The van der Waals surface area contributed by atoms with E-state index in [-0.39, 0.29) is 0 Å². The van der Waals surface area contributed by atoms with E-state index in [1.54, 1.807) is 7.11 Å². The number of nitrogens with zero attached hydrogens (tertiary/aromatic N) is 1. The maximum Gasteiger partial charge on any atom is 0.120 e. The summed E-state index contributed by atoms with van der Waals surface area (Å²) < 4.78 is 5.12. The summed E-state index contributed by atoms with van der Waals surface area (Å²) in [6, 6.07) is 5.83. The van der Waals surface area contributed by atoms with Crippen LogP contribution in [-0.2, 0) is 6.42 Å². The molecule has 0 spiro atoms. The topological polar surface area (TPSA) is 38.5 Å². The second kappa shape index (κ2) is 7.54. The van der Waals surface area contributed by atoms with Crippen LogP contribution in [0.25, 0.3) is 0 Å². The quantitative estimate of drug-likeness (QED) is 0.813. The van der Waals surface area contributed by atoms with Crippen molar-refractivity contribution in [2.75, 3.05) is 33.8 Å². The summed E-state index contributed by atoms with van der Waals surface area (Å²) in [6.45, 7) is 2.77. The van der Waals surface area contributed by atoms with E-state index >= 15 is 0 Å². The van der Waals surface area contributed by atoms with E-state index in [0.717, 1.165) is 48.8 Å². The lowest BCUT2D eigenvalue weighted by molar-refractivity contribution is 0.335. The van der Waals surface area contributed by atoms with Crippen LogP contribution in [0.15, 0.2) is 18.2 Å². The summed E-state index contributed by atoms with van der Waals surface area (Å²) >= 11 is 6.18. The fourth-order valence-electron chi connectivity index (χ4n) is 1.64. The highest BCUT2D eigenvalue weighted by molar-refractivity contribution is 6.31. The van der Waals surface area contributed by atoms with Crippen molar-refractivity contribution in [1.29, 1.82) is 0 Å². The second-order valence-electron chi connectivity index (χ2n) is 4.15. The van der Waals surface area contributed by atoms with E-state index in [1.807, 2.05) is 18.2 Å². The van der Waals surface area contributed by atoms with Crippen molar-refractivity contribution in [2.24, 2.45) is 5.73 Å². The third-order valence-electron chi connectivity index (χ3n) is 2.77. The number of methoxy groups -OCH3 is 1. The molecule has 0 unspecified atom stereocenters. The van der Waals surface area contributed by atoms with E-state index in [2.05, 4.69) is 11.9 Å². The first-order valence-electron chi connectivity index (χ1n) is 5.88. The highest BCUT2D eigenvalue weighted by Gasteiger charge is 2.04. The Morgan fingerprint density at radius 2 is 2.12 bits per heavy atom. The van der Waals surface area contributed by atoms with Crippen LogP contribution in [0.5, 0.6) is 5.75 Å². The molecule has 17 heavy (non-hydrogen) atoms. The Bertz CT molecular complexity index is 344. The number of likely N-dealkylation sites (N-methyl/N-ethyl adjacent to an activating group) is 1. The molecule has 0 fully saturated rings. The third kappa shape index (κ3) is 4.94. The monoisotopic (exact) mass is 256 g/mol. The first-order chi connectivity index (χ1) is 8.17. The van der Waals surface area contributed by atoms with Crippen molar-refractivity contribution in [3.8, 4) is 5.75 Å². The van der Waals surface area contributed by atoms with Gasteiger partial charge in [-0.15, -0.1) is 0 Å². The van der Waals surface area contributed by atoms with Gasteiger partial charge < -0.3 is 15.4 Å². The molecule has 0 atom stereocenters. The maximum absolute atomic E-state index is 6.18. The number of nitrogens with two attached hydrogens (primary N) is 1. The molecule has 3 nitrogen and oxygen atoms in total. The largest absolute Gasteiger partial charge is 0.497 e. The molecule has 96 valence electrons. The minimum Gasteiger partial charge on any atom is -0.497 e. The van der Waals surface area contributed by atoms with Gasteiger partial charge in [-0.05, 0) is 50.7 Å². The summed E-state index contributed by atoms with van der Waals surface area (Å²) in [7, 11) is 3.75. The Kier molecular flexibility index (Phi) is 6.34. The second-order valence-corrected chi connectivity index (χ2v) is 4.56. The van der Waals surface area contributed by atoms with Gasteiger partial charge >= 0.3 is 0 Å². The molecule has 2 N–H and O–H groups in total. The van der Waals surface area contributed by atoms with Gasteiger partial charge in [0.15, 0.2) is 0 Å². The van der Waals surface area contributed by atoms with Crippen LogP contribution in [0.1, 0.15) is 12.0 Å². The zero-order chi connectivity index (χ0) is 12.7. The molecular formula is C13H21ClN2O. The molecule has 1 aromatic rings. The van der Waals surface area contributed by atoms with Crippen LogP contribution in [-0.4, -0.2) is 38.7 Å². The first kappa shape index (κ1) is 14.3. The van der Waals surface area contributed by atoms with Crippen LogP contribution in [0, 0.1) is 0 Å². The molecule has 1 rings (SSSR count). The highest BCUT2D eigenvalue weighted by Crippen LogP contribution is 2.22. The SMILES string of the molecule is COc1ccc(CCN(C)CCCN)c(Cl)c1. The molecule has 0 heterocycles. The predicted octanol–water partition coefficient (Wildman–Crippen LogP) is 2.17. The predicted molar refractivity (Wildman–Crippen MR) is 72.9 cm³/mol. The number of hydrogen-bond donors (Lipinski definition) is 1. The number of ether oxygens (including phenoxy) is 1. The fourth-order valence-corrected chi connectivity index (χ4v) is 1.91. The molecule has 4 heteroatoms. The molecule has 0 aliphatic rings. The average molecular weight is 257 g/mol. The zero-order valence-electron chi connectivity index (χ0n) is 10.6. The molecule has 0 aliphatic heterocycles. The Morgan fingerprint density at radius 1 is 1.35 bits per heavy atom. The van der Waals surface area contributed by atoms with Gasteiger partial charge in [-0.2, -0.15) is 0 Å². The first-order valence-corrected chi connectivity index (χ1v) is 6.26. The van der Waals surface area contributed by atoms with Gasteiger partial charge in [0.2, 0.25) is 0 Å². The summed E-state index contributed by atoms with van der Waals surface area (Å²) in [5.74, 6) is 0.801. The summed E-state index contributed by atoms with van der Waals surface area (Å²) in [5, 5.41) is 0.775. The van der Waals surface area contributed by atoms with E-state index in [9.17, 15) is 0 Å². The van der Waals surface area contributed by atoms with Crippen molar-refractivity contribution in [2.45, 2.75) is 12.8 Å². The number of benzene rings is 1. The molecule has 0 aromatic heterocycles. The van der Waals surface area contributed by atoms with Crippen LogP contribution in [0.4, 0.5) is 0 Å². The van der Waals surface area contributed by atoms with Crippen molar-refractivity contribution >= 4 is 11.6 Å². The lowest BCUT2D eigenvalue weighted by Gasteiger charge is -2.16. The summed E-state index contributed by atoms with van der Waals surface area (Å²) in [4.78, 5) is 2.27. The zero-order valence-corrected chi connectivity index (χ0v) is 11.3. The van der Waals surface area contributed by atoms with Gasteiger partial charge in [-0.1, -0.05) is 17.7 Å². The average Bonchev–Trinajstić information content (AvgIpc) is 2.34. The number of rotatable bonds is 7. The molecule has 0 bridgehead atoms. The van der Waals surface area contributed by atoms with Crippen LogP contribution in [0.3, 0.4) is 0 Å². The van der Waals surface area contributed by atoms with Crippen LogP contribution >= 0.6 is 11.6 Å². The van der Waals surface area contributed by atoms with Crippen LogP contribution < -0.4 is 10.5 Å². The third-order valence-corrected chi connectivity index (χ3v) is 3.12. The minimum absolute atomic E-state index is 0.744. The highest BCUT2D eigenvalue weighted by atomic mass is 35.5. The molecule has 0 amide bonds. The van der Waals surface area contributed by atoms with E-state index in [4.69, 9.17) is 22.1 Å². The Labute approximate surface area is 109 Å². The summed E-state index contributed by atoms with van der Waals surface area (Å²) in [6.07, 6.45) is 1.98. The van der Waals surface area contributed by atoms with Gasteiger partial charge in [0.1, 0.15) is 5.75 Å². The van der Waals surface area contributed by atoms with Crippen molar-refractivity contribution in [3.05, 3.63) is 28.8 Å². The molecule has 0 aliphatic carbocycles. The lowest BCUT2D eigenvalue weighted by Crippen LogP contribution is -2.24. The lowest BCUT2D eigenvalue weighted by atomic mass is 10.1. The molecular weight excluding hydrogens is 236 g/mol. The minimum atomic E-state index is 0.744. The van der Waals surface area contributed by atoms with Crippen molar-refractivity contribution in [1.82, 2.24) is 4.90 Å². The Morgan fingerprint density at radius 3 is 2.71 bits per heavy atom. The van der Waals surface area contributed by atoms with Gasteiger partial charge in [0, 0.05) is 11.6 Å². The van der Waals surface area contributed by atoms with E-state index < -0.39 is 0 Å². The van der Waals surface area contributed by atoms with Crippen molar-refractivity contribution < 1.29 is 4.74 Å². The van der Waals surface area contributed by atoms with Gasteiger partial charge in [-0.25, -0.2) is 0 Å². The van der Waals surface area contributed by atoms with Crippen molar-refractivity contribution in [3.63, 3.8) is 0 Å². The molecule has 0 saturated heterocycles.